The van der Waals surface area contributed by atoms with Gasteiger partial charge in [-0.1, -0.05) is 55.1 Å². The molecule has 27 heavy (non-hydrogen) atoms. The molecule has 5 nitrogen and oxygen atoms in total. The van der Waals surface area contributed by atoms with Gasteiger partial charge in [-0.05, 0) is 31.0 Å². The molecule has 0 unspecified atom stereocenters. The zero-order valence-corrected chi connectivity index (χ0v) is 15.7. The van der Waals surface area contributed by atoms with Crippen molar-refractivity contribution >= 4 is 29.2 Å². The van der Waals surface area contributed by atoms with Crippen LogP contribution in [0.3, 0.4) is 0 Å². The van der Waals surface area contributed by atoms with Gasteiger partial charge in [-0.25, -0.2) is 4.79 Å². The summed E-state index contributed by atoms with van der Waals surface area (Å²) in [6.45, 7) is 0.176. The van der Waals surface area contributed by atoms with Crippen LogP contribution in [-0.4, -0.2) is 17.0 Å². The first kappa shape index (κ1) is 19.2. The summed E-state index contributed by atoms with van der Waals surface area (Å²) in [6, 6.07) is 12.0. The predicted molar refractivity (Wildman–Crippen MR) is 104 cm³/mol. The van der Waals surface area contributed by atoms with Crippen molar-refractivity contribution in [3.8, 4) is 5.75 Å². The van der Waals surface area contributed by atoms with Gasteiger partial charge in [-0.15, -0.1) is 0 Å². The Labute approximate surface area is 163 Å². The van der Waals surface area contributed by atoms with Crippen LogP contribution in [0.25, 0.3) is 0 Å². The molecule has 2 aromatic rings. The van der Waals surface area contributed by atoms with Crippen molar-refractivity contribution in [3.05, 3.63) is 58.6 Å². The lowest BCUT2D eigenvalue weighted by Crippen LogP contribution is -2.26. The first-order chi connectivity index (χ1) is 13.1. The summed E-state index contributed by atoms with van der Waals surface area (Å²) in [5, 5.41) is 12.9. The molecular weight excluding hydrogens is 366 g/mol. The number of carboxylic acid groups (broad SMARTS) is 1. The fraction of sp³-hybridized carbons (Fsp3) is 0.333. The maximum atomic E-state index is 12.6. The lowest BCUT2D eigenvalue weighted by atomic mass is 9.88. The molecule has 0 radical (unpaired) electrons. The topological polar surface area (TPSA) is 75.6 Å². The summed E-state index contributed by atoms with van der Waals surface area (Å²) in [4.78, 5) is 24.3. The van der Waals surface area contributed by atoms with Gasteiger partial charge in [0.15, 0.2) is 0 Å². The Morgan fingerprint density at radius 3 is 2.52 bits per heavy atom. The van der Waals surface area contributed by atoms with Crippen molar-refractivity contribution < 1.29 is 19.4 Å². The molecule has 0 aliphatic heterocycles. The number of carbonyl (C=O) groups excluding carboxylic acids is 1. The van der Waals surface area contributed by atoms with Gasteiger partial charge in [0.2, 0.25) is 5.91 Å². The molecule has 0 aromatic heterocycles. The second kappa shape index (κ2) is 8.91. The fourth-order valence-electron chi connectivity index (χ4n) is 3.32. The van der Waals surface area contributed by atoms with Gasteiger partial charge in [-0.2, -0.15) is 0 Å². The van der Waals surface area contributed by atoms with Crippen molar-refractivity contribution in [2.24, 2.45) is 5.92 Å². The fourth-order valence-corrected chi connectivity index (χ4v) is 3.51. The molecule has 0 spiro atoms. The minimum Gasteiger partial charge on any atom is -0.487 e. The highest BCUT2D eigenvalue weighted by atomic mass is 35.5. The van der Waals surface area contributed by atoms with Gasteiger partial charge in [0.1, 0.15) is 12.4 Å². The van der Waals surface area contributed by atoms with Gasteiger partial charge in [-0.3, -0.25) is 4.79 Å². The summed E-state index contributed by atoms with van der Waals surface area (Å²) in [5.74, 6) is -1.03. The van der Waals surface area contributed by atoms with Crippen molar-refractivity contribution in [1.82, 2.24) is 0 Å². The van der Waals surface area contributed by atoms with Crippen LogP contribution >= 0.6 is 11.6 Å². The molecule has 2 N–H and O–H groups in total. The molecule has 0 saturated heterocycles. The Hall–Kier alpha value is -2.53. The van der Waals surface area contributed by atoms with E-state index in [1.54, 1.807) is 18.2 Å². The number of hydrogen-bond acceptors (Lipinski definition) is 3. The van der Waals surface area contributed by atoms with Crippen LogP contribution in [-0.2, 0) is 11.4 Å². The second-order valence-electron chi connectivity index (χ2n) is 6.69. The molecule has 1 fully saturated rings. The van der Waals surface area contributed by atoms with E-state index < -0.39 is 5.97 Å². The first-order valence-corrected chi connectivity index (χ1v) is 9.47. The minimum absolute atomic E-state index is 0.0100. The summed E-state index contributed by atoms with van der Waals surface area (Å²) < 4.78 is 5.82. The maximum Gasteiger partial charge on any atom is 0.337 e. The van der Waals surface area contributed by atoms with Gasteiger partial charge in [0.25, 0.3) is 0 Å². The Morgan fingerprint density at radius 1 is 1.07 bits per heavy atom. The van der Waals surface area contributed by atoms with Gasteiger partial charge < -0.3 is 15.2 Å². The molecule has 1 amide bonds. The predicted octanol–water partition coefficient (Wildman–Crippen LogP) is 5.14. The Balaban J connectivity index is 1.82. The zero-order chi connectivity index (χ0) is 19.2. The van der Waals surface area contributed by atoms with Crippen molar-refractivity contribution in [2.75, 3.05) is 5.32 Å². The van der Waals surface area contributed by atoms with Crippen LogP contribution in [0.5, 0.6) is 5.75 Å². The molecule has 2 aromatic carbocycles. The number of aromatic carboxylic acids is 1. The summed E-state index contributed by atoms with van der Waals surface area (Å²) in [7, 11) is 0. The number of anilines is 1. The number of benzene rings is 2. The Morgan fingerprint density at radius 2 is 1.81 bits per heavy atom. The highest BCUT2D eigenvalue weighted by Crippen LogP contribution is 2.32. The van der Waals surface area contributed by atoms with E-state index in [1.807, 2.05) is 18.2 Å². The normalized spacial score (nSPS) is 14.6. The van der Waals surface area contributed by atoms with Gasteiger partial charge >= 0.3 is 5.97 Å². The van der Waals surface area contributed by atoms with Gasteiger partial charge in [0, 0.05) is 16.5 Å². The number of para-hydroxylation sites is 1. The van der Waals surface area contributed by atoms with E-state index >= 15 is 0 Å². The second-order valence-corrected chi connectivity index (χ2v) is 7.10. The number of nitrogens with one attached hydrogen (secondary N) is 1. The molecule has 1 aliphatic carbocycles. The summed E-state index contributed by atoms with van der Waals surface area (Å²) >= 11 is 6.15. The molecule has 1 aliphatic rings. The van der Waals surface area contributed by atoms with Crippen molar-refractivity contribution in [3.63, 3.8) is 0 Å². The molecule has 3 rings (SSSR count). The highest BCUT2D eigenvalue weighted by molar-refractivity contribution is 6.31. The monoisotopic (exact) mass is 387 g/mol. The standard InChI is InChI=1S/C21H22ClNO4/c22-17-11-5-4-9-15(17)13-27-18-12-6-10-16(21(25)26)19(18)23-20(24)14-7-2-1-3-8-14/h4-6,9-12,14H,1-3,7-8,13H2,(H,23,24)(H,25,26). The molecule has 1 saturated carbocycles. The number of ether oxygens (including phenoxy) is 1. The largest absolute Gasteiger partial charge is 0.487 e. The van der Waals surface area contributed by atoms with Crippen LogP contribution in [0, 0.1) is 5.92 Å². The van der Waals surface area contributed by atoms with E-state index in [9.17, 15) is 14.7 Å². The van der Waals surface area contributed by atoms with E-state index in [4.69, 9.17) is 16.3 Å². The Bertz CT molecular complexity index is 831. The number of carboxylic acids is 1. The van der Waals surface area contributed by atoms with E-state index in [1.165, 1.54) is 6.07 Å². The molecule has 0 atom stereocenters. The molecular formula is C21H22ClNO4. The van der Waals surface area contributed by atoms with Crippen LogP contribution in [0.15, 0.2) is 42.5 Å². The number of hydrogen-bond donors (Lipinski definition) is 2. The van der Waals surface area contributed by atoms with E-state index in [0.29, 0.717) is 10.8 Å². The molecule has 6 heteroatoms. The molecule has 142 valence electrons. The smallest absolute Gasteiger partial charge is 0.337 e. The van der Waals surface area contributed by atoms with E-state index in [0.717, 1.165) is 37.7 Å². The van der Waals surface area contributed by atoms with Crippen LogP contribution in [0.1, 0.15) is 48.0 Å². The van der Waals surface area contributed by atoms with Crippen LogP contribution in [0.2, 0.25) is 5.02 Å². The number of carbonyl (C=O) groups is 2. The maximum absolute atomic E-state index is 12.6. The van der Waals surface area contributed by atoms with Crippen LogP contribution < -0.4 is 10.1 Å². The SMILES string of the molecule is O=C(O)c1cccc(OCc2ccccc2Cl)c1NC(=O)C1CCCCC1. The van der Waals surface area contributed by atoms with Crippen molar-refractivity contribution in [1.29, 1.82) is 0 Å². The quantitative estimate of drug-likeness (QED) is 0.719. The average Bonchev–Trinajstić information content (AvgIpc) is 2.68. The third-order valence-electron chi connectivity index (χ3n) is 4.82. The number of halogens is 1. The lowest BCUT2D eigenvalue weighted by Gasteiger charge is -2.22. The molecule has 0 bridgehead atoms. The lowest BCUT2D eigenvalue weighted by molar-refractivity contribution is -0.120. The first-order valence-electron chi connectivity index (χ1n) is 9.09. The third-order valence-corrected chi connectivity index (χ3v) is 5.19. The van der Waals surface area contributed by atoms with Crippen molar-refractivity contribution in [2.45, 2.75) is 38.7 Å². The van der Waals surface area contributed by atoms with Crippen LogP contribution in [0.4, 0.5) is 5.69 Å². The number of rotatable bonds is 6. The average molecular weight is 388 g/mol. The minimum atomic E-state index is -1.11. The van der Waals surface area contributed by atoms with Gasteiger partial charge in [0.05, 0.1) is 11.3 Å². The summed E-state index contributed by atoms with van der Waals surface area (Å²) in [5.41, 5.74) is 0.993. The molecule has 0 heterocycles. The van der Waals surface area contributed by atoms with E-state index in [2.05, 4.69) is 5.32 Å². The Kier molecular flexibility index (Phi) is 6.35. The van der Waals surface area contributed by atoms with E-state index in [-0.39, 0.29) is 29.7 Å². The summed E-state index contributed by atoms with van der Waals surface area (Å²) in [6.07, 6.45) is 4.85. The third kappa shape index (κ3) is 4.80. The number of amides is 1. The zero-order valence-electron chi connectivity index (χ0n) is 14.9. The highest BCUT2D eigenvalue weighted by Gasteiger charge is 2.24.